The summed E-state index contributed by atoms with van der Waals surface area (Å²) in [6.45, 7) is 7.16. The van der Waals surface area contributed by atoms with Crippen LogP contribution in [0.15, 0.2) is 0 Å². The fourth-order valence-corrected chi connectivity index (χ4v) is 2.74. The highest BCUT2D eigenvalue weighted by atomic mass is 14.2. The molecule has 0 aromatic carbocycles. The minimum absolute atomic E-state index is 0.943. The van der Waals surface area contributed by atoms with Crippen LogP contribution in [0.3, 0.4) is 0 Å². The average Bonchev–Trinajstić information content (AvgIpc) is 2.75. The predicted octanol–water partition coefficient (Wildman–Crippen LogP) is 5.42. The summed E-state index contributed by atoms with van der Waals surface area (Å²) in [5.74, 6) is 3.01. The van der Waals surface area contributed by atoms with E-state index >= 15 is 0 Å². The first-order chi connectivity index (χ1) is 7.22. The molecule has 0 bridgehead atoms. The Hall–Kier alpha value is 0. The van der Waals surface area contributed by atoms with Crippen LogP contribution >= 0.6 is 0 Å². The molecule has 0 aromatic rings. The second-order valence-corrected chi connectivity index (χ2v) is 5.92. The van der Waals surface area contributed by atoms with Crippen molar-refractivity contribution in [2.45, 2.75) is 78.6 Å². The fraction of sp³-hybridized carbons (Fsp3) is 1.00. The molecule has 0 radical (unpaired) electrons. The van der Waals surface area contributed by atoms with Crippen molar-refractivity contribution in [1.29, 1.82) is 0 Å². The van der Waals surface area contributed by atoms with E-state index in [1.165, 1.54) is 57.8 Å². The van der Waals surface area contributed by atoms with Gasteiger partial charge in [-0.1, -0.05) is 78.6 Å². The second kappa shape index (κ2) is 7.30. The van der Waals surface area contributed by atoms with E-state index in [1.54, 1.807) is 0 Å². The SMILES string of the molecule is CCC(C)CCC(C)CCC1CCCC1. The van der Waals surface area contributed by atoms with Gasteiger partial charge in [0.25, 0.3) is 0 Å². The Morgan fingerprint density at radius 1 is 0.933 bits per heavy atom. The van der Waals surface area contributed by atoms with Crippen LogP contribution in [0.5, 0.6) is 0 Å². The lowest BCUT2D eigenvalue weighted by molar-refractivity contribution is 0.365. The van der Waals surface area contributed by atoms with Crippen molar-refractivity contribution in [3.8, 4) is 0 Å². The lowest BCUT2D eigenvalue weighted by Gasteiger charge is -2.16. The molecule has 2 atom stereocenters. The summed E-state index contributed by atoms with van der Waals surface area (Å²) < 4.78 is 0. The minimum Gasteiger partial charge on any atom is -0.0651 e. The fourth-order valence-electron chi connectivity index (χ4n) is 2.74. The van der Waals surface area contributed by atoms with Crippen LogP contribution in [-0.2, 0) is 0 Å². The Balaban J connectivity index is 1.99. The van der Waals surface area contributed by atoms with Crippen LogP contribution < -0.4 is 0 Å². The van der Waals surface area contributed by atoms with Crippen molar-refractivity contribution < 1.29 is 0 Å². The van der Waals surface area contributed by atoms with E-state index in [9.17, 15) is 0 Å². The summed E-state index contributed by atoms with van der Waals surface area (Å²) in [5, 5.41) is 0. The van der Waals surface area contributed by atoms with Gasteiger partial charge in [-0.05, 0) is 17.8 Å². The molecule has 0 saturated heterocycles. The van der Waals surface area contributed by atoms with Gasteiger partial charge in [-0.3, -0.25) is 0 Å². The van der Waals surface area contributed by atoms with Crippen LogP contribution in [0, 0.1) is 17.8 Å². The summed E-state index contributed by atoms with van der Waals surface area (Å²) >= 11 is 0. The third-order valence-corrected chi connectivity index (χ3v) is 4.39. The summed E-state index contributed by atoms with van der Waals surface area (Å²) in [4.78, 5) is 0. The maximum atomic E-state index is 2.46. The van der Waals surface area contributed by atoms with Gasteiger partial charge in [0.05, 0.1) is 0 Å². The Morgan fingerprint density at radius 2 is 1.53 bits per heavy atom. The van der Waals surface area contributed by atoms with Gasteiger partial charge < -0.3 is 0 Å². The third kappa shape index (κ3) is 5.58. The van der Waals surface area contributed by atoms with Gasteiger partial charge in [-0.25, -0.2) is 0 Å². The van der Waals surface area contributed by atoms with E-state index in [2.05, 4.69) is 20.8 Å². The molecule has 0 nitrogen and oxygen atoms in total. The van der Waals surface area contributed by atoms with Crippen molar-refractivity contribution in [3.05, 3.63) is 0 Å². The number of hydrogen-bond donors (Lipinski definition) is 0. The Kier molecular flexibility index (Phi) is 6.36. The third-order valence-electron chi connectivity index (χ3n) is 4.39. The monoisotopic (exact) mass is 210 g/mol. The zero-order valence-corrected chi connectivity index (χ0v) is 11.1. The molecule has 2 unspecified atom stereocenters. The van der Waals surface area contributed by atoms with E-state index in [4.69, 9.17) is 0 Å². The largest absolute Gasteiger partial charge is 0.0651 e. The molecule has 90 valence electrons. The first-order valence-electron chi connectivity index (χ1n) is 7.22. The van der Waals surface area contributed by atoms with E-state index < -0.39 is 0 Å². The Bertz CT molecular complexity index is 144. The average molecular weight is 210 g/mol. The highest BCUT2D eigenvalue weighted by molar-refractivity contribution is 4.68. The highest BCUT2D eigenvalue weighted by Crippen LogP contribution is 2.30. The summed E-state index contributed by atoms with van der Waals surface area (Å²) in [7, 11) is 0. The maximum absolute atomic E-state index is 2.46. The van der Waals surface area contributed by atoms with Crippen molar-refractivity contribution in [3.63, 3.8) is 0 Å². The van der Waals surface area contributed by atoms with Crippen LogP contribution in [0.1, 0.15) is 78.6 Å². The molecule has 0 heterocycles. The van der Waals surface area contributed by atoms with E-state index in [-0.39, 0.29) is 0 Å². The van der Waals surface area contributed by atoms with Gasteiger partial charge in [0, 0.05) is 0 Å². The van der Waals surface area contributed by atoms with Crippen molar-refractivity contribution >= 4 is 0 Å². The minimum atomic E-state index is 0.943. The smallest absolute Gasteiger partial charge is 0.0414 e. The molecule has 0 spiro atoms. The normalized spacial score (nSPS) is 21.8. The molecule has 0 aliphatic heterocycles. The molecular formula is C15H30. The molecule has 0 N–H and O–H groups in total. The number of rotatable bonds is 7. The molecule has 1 fully saturated rings. The predicted molar refractivity (Wildman–Crippen MR) is 69.0 cm³/mol. The molecular weight excluding hydrogens is 180 g/mol. The molecule has 1 saturated carbocycles. The van der Waals surface area contributed by atoms with Crippen molar-refractivity contribution in [2.75, 3.05) is 0 Å². The van der Waals surface area contributed by atoms with Crippen LogP contribution in [-0.4, -0.2) is 0 Å². The molecule has 0 amide bonds. The summed E-state index contributed by atoms with van der Waals surface area (Å²) in [6.07, 6.45) is 13.3. The van der Waals surface area contributed by atoms with Crippen LogP contribution in [0.2, 0.25) is 0 Å². The van der Waals surface area contributed by atoms with Crippen LogP contribution in [0.4, 0.5) is 0 Å². The quantitative estimate of drug-likeness (QED) is 0.526. The number of hydrogen-bond acceptors (Lipinski definition) is 0. The van der Waals surface area contributed by atoms with Crippen molar-refractivity contribution in [2.24, 2.45) is 17.8 Å². The van der Waals surface area contributed by atoms with Gasteiger partial charge in [-0.2, -0.15) is 0 Å². The van der Waals surface area contributed by atoms with Gasteiger partial charge in [0.15, 0.2) is 0 Å². The molecule has 15 heavy (non-hydrogen) atoms. The molecule has 1 rings (SSSR count). The maximum Gasteiger partial charge on any atom is -0.0414 e. The van der Waals surface area contributed by atoms with Gasteiger partial charge in [-0.15, -0.1) is 0 Å². The second-order valence-electron chi connectivity index (χ2n) is 5.92. The Labute approximate surface area is 96.8 Å². The molecule has 1 aliphatic rings. The summed E-state index contributed by atoms with van der Waals surface area (Å²) in [5.41, 5.74) is 0. The van der Waals surface area contributed by atoms with E-state index in [1.807, 2.05) is 0 Å². The van der Waals surface area contributed by atoms with Crippen molar-refractivity contribution in [1.82, 2.24) is 0 Å². The topological polar surface area (TPSA) is 0 Å². The highest BCUT2D eigenvalue weighted by Gasteiger charge is 2.15. The zero-order valence-electron chi connectivity index (χ0n) is 11.1. The van der Waals surface area contributed by atoms with E-state index in [0.29, 0.717) is 0 Å². The first-order valence-corrected chi connectivity index (χ1v) is 7.22. The van der Waals surface area contributed by atoms with Gasteiger partial charge in [0.1, 0.15) is 0 Å². The first kappa shape index (κ1) is 13.1. The van der Waals surface area contributed by atoms with Gasteiger partial charge >= 0.3 is 0 Å². The molecule has 0 heteroatoms. The van der Waals surface area contributed by atoms with E-state index in [0.717, 1.165) is 17.8 Å². The standard InChI is InChI=1S/C15H30/c1-4-13(2)9-10-14(3)11-12-15-7-5-6-8-15/h13-15H,4-12H2,1-3H3. The summed E-state index contributed by atoms with van der Waals surface area (Å²) in [6, 6.07) is 0. The van der Waals surface area contributed by atoms with Gasteiger partial charge in [0.2, 0.25) is 0 Å². The van der Waals surface area contributed by atoms with Crippen LogP contribution in [0.25, 0.3) is 0 Å². The molecule has 1 aliphatic carbocycles. The lowest BCUT2D eigenvalue weighted by Crippen LogP contribution is -2.02. The molecule has 0 aromatic heterocycles. The Morgan fingerprint density at radius 3 is 2.13 bits per heavy atom. The lowest BCUT2D eigenvalue weighted by atomic mass is 9.90. The zero-order chi connectivity index (χ0) is 11.1.